The number of benzene rings is 2. The minimum Gasteiger partial charge on any atom is -0.489 e. The van der Waals surface area contributed by atoms with Crippen LogP contribution in [-0.4, -0.2) is 26.1 Å². The van der Waals surface area contributed by atoms with Crippen molar-refractivity contribution in [3.63, 3.8) is 0 Å². The molecule has 3 aromatic rings. The maximum absolute atomic E-state index is 11.1. The van der Waals surface area contributed by atoms with Crippen molar-refractivity contribution in [2.24, 2.45) is 0 Å². The van der Waals surface area contributed by atoms with E-state index in [2.05, 4.69) is 10.3 Å². The van der Waals surface area contributed by atoms with Crippen LogP contribution in [0.1, 0.15) is 16.1 Å². The highest BCUT2D eigenvalue weighted by molar-refractivity contribution is 5.85. The molecule has 3 rings (SSSR count). The summed E-state index contributed by atoms with van der Waals surface area (Å²) in [6, 6.07) is 16.9. The molecule has 0 amide bonds. The van der Waals surface area contributed by atoms with Crippen molar-refractivity contribution in [1.82, 2.24) is 15.0 Å². The van der Waals surface area contributed by atoms with Crippen LogP contribution in [0.4, 0.5) is 0 Å². The van der Waals surface area contributed by atoms with Crippen LogP contribution in [0.25, 0.3) is 5.69 Å². The molecular weight excluding hydrogens is 282 g/mol. The maximum Gasteiger partial charge on any atom is 0.356 e. The second-order valence-electron chi connectivity index (χ2n) is 4.60. The number of rotatable bonds is 5. The summed E-state index contributed by atoms with van der Waals surface area (Å²) in [5.74, 6) is -0.376. The molecule has 0 saturated heterocycles. The number of carboxylic acids is 1. The van der Waals surface area contributed by atoms with E-state index in [0.29, 0.717) is 18.0 Å². The van der Waals surface area contributed by atoms with E-state index in [4.69, 9.17) is 9.84 Å². The predicted octanol–water partition coefficient (Wildman–Crippen LogP) is 2.54. The lowest BCUT2D eigenvalue weighted by atomic mass is 10.2. The number of ether oxygens (including phenoxy) is 1. The van der Waals surface area contributed by atoms with Crippen LogP contribution >= 0.6 is 0 Å². The Hall–Kier alpha value is -3.15. The Morgan fingerprint density at radius 2 is 1.82 bits per heavy atom. The molecular formula is C16H13N3O3. The third kappa shape index (κ3) is 2.95. The average Bonchev–Trinajstić information content (AvgIpc) is 3.04. The van der Waals surface area contributed by atoms with Crippen LogP contribution < -0.4 is 4.74 Å². The molecule has 1 aromatic heterocycles. The van der Waals surface area contributed by atoms with Gasteiger partial charge in [-0.2, -0.15) is 0 Å². The van der Waals surface area contributed by atoms with Crippen molar-refractivity contribution in [3.8, 4) is 11.4 Å². The molecule has 0 fully saturated rings. The number of aromatic nitrogens is 3. The standard InChI is InChI=1S/C16H13N3O3/c20-16(21)15-10-17-18-19(15)13-6-8-14(9-7-13)22-11-12-4-2-1-3-5-12/h1-10H,11H2,(H,20,21). The number of hydrogen-bond acceptors (Lipinski definition) is 4. The lowest BCUT2D eigenvalue weighted by Gasteiger charge is -2.08. The Balaban J connectivity index is 1.73. The van der Waals surface area contributed by atoms with E-state index < -0.39 is 5.97 Å². The van der Waals surface area contributed by atoms with Gasteiger partial charge in [-0.15, -0.1) is 5.10 Å². The number of hydrogen-bond donors (Lipinski definition) is 1. The zero-order chi connectivity index (χ0) is 15.4. The Kier molecular flexibility index (Phi) is 3.82. The zero-order valence-corrected chi connectivity index (χ0v) is 11.6. The lowest BCUT2D eigenvalue weighted by Crippen LogP contribution is -2.07. The van der Waals surface area contributed by atoms with Gasteiger partial charge in [-0.05, 0) is 29.8 Å². The molecule has 6 nitrogen and oxygen atoms in total. The maximum atomic E-state index is 11.1. The number of nitrogens with zero attached hydrogens (tertiary/aromatic N) is 3. The van der Waals surface area contributed by atoms with E-state index in [0.717, 1.165) is 5.56 Å². The lowest BCUT2D eigenvalue weighted by molar-refractivity contribution is 0.0687. The molecule has 0 radical (unpaired) electrons. The highest BCUT2D eigenvalue weighted by Gasteiger charge is 2.12. The van der Waals surface area contributed by atoms with Crippen molar-refractivity contribution < 1.29 is 14.6 Å². The summed E-state index contributed by atoms with van der Waals surface area (Å²) in [5.41, 5.74) is 1.70. The molecule has 0 atom stereocenters. The summed E-state index contributed by atoms with van der Waals surface area (Å²) in [7, 11) is 0. The second-order valence-corrected chi connectivity index (χ2v) is 4.60. The van der Waals surface area contributed by atoms with E-state index >= 15 is 0 Å². The Labute approximate surface area is 126 Å². The fourth-order valence-corrected chi connectivity index (χ4v) is 2.00. The van der Waals surface area contributed by atoms with Gasteiger partial charge in [0, 0.05) is 0 Å². The van der Waals surface area contributed by atoms with E-state index in [1.54, 1.807) is 24.3 Å². The summed E-state index contributed by atoms with van der Waals surface area (Å²) in [6.45, 7) is 0.476. The van der Waals surface area contributed by atoms with Gasteiger partial charge in [0.25, 0.3) is 0 Å². The van der Waals surface area contributed by atoms with Gasteiger partial charge >= 0.3 is 5.97 Å². The number of aromatic carboxylic acids is 1. The van der Waals surface area contributed by atoms with Crippen LogP contribution in [-0.2, 0) is 6.61 Å². The predicted molar refractivity (Wildman–Crippen MR) is 79.1 cm³/mol. The first kappa shape index (κ1) is 13.8. The molecule has 2 aromatic carbocycles. The third-order valence-corrected chi connectivity index (χ3v) is 3.10. The average molecular weight is 295 g/mol. The quantitative estimate of drug-likeness (QED) is 0.782. The fourth-order valence-electron chi connectivity index (χ4n) is 2.00. The monoisotopic (exact) mass is 295 g/mol. The Morgan fingerprint density at radius 3 is 2.50 bits per heavy atom. The topological polar surface area (TPSA) is 77.2 Å². The molecule has 0 saturated carbocycles. The molecule has 6 heteroatoms. The Morgan fingerprint density at radius 1 is 1.09 bits per heavy atom. The smallest absolute Gasteiger partial charge is 0.356 e. The minimum absolute atomic E-state index is 0.0120. The highest BCUT2D eigenvalue weighted by Crippen LogP contribution is 2.17. The largest absolute Gasteiger partial charge is 0.489 e. The van der Waals surface area contributed by atoms with Crippen molar-refractivity contribution in [3.05, 3.63) is 72.1 Å². The van der Waals surface area contributed by atoms with Gasteiger partial charge in [-0.1, -0.05) is 35.5 Å². The fraction of sp³-hybridized carbons (Fsp3) is 0.0625. The van der Waals surface area contributed by atoms with E-state index in [-0.39, 0.29) is 5.69 Å². The van der Waals surface area contributed by atoms with Gasteiger partial charge in [0.15, 0.2) is 5.69 Å². The normalized spacial score (nSPS) is 10.4. The van der Waals surface area contributed by atoms with Gasteiger partial charge < -0.3 is 9.84 Å². The summed E-state index contributed by atoms with van der Waals surface area (Å²) in [5, 5.41) is 16.5. The second kappa shape index (κ2) is 6.09. The van der Waals surface area contributed by atoms with Crippen LogP contribution in [0, 0.1) is 0 Å². The molecule has 110 valence electrons. The number of carbonyl (C=O) groups is 1. The molecule has 0 aliphatic carbocycles. The summed E-state index contributed by atoms with van der Waals surface area (Å²) >= 11 is 0. The van der Waals surface area contributed by atoms with Gasteiger partial charge in [0.2, 0.25) is 0 Å². The molecule has 0 aliphatic heterocycles. The SMILES string of the molecule is O=C(O)c1cnnn1-c1ccc(OCc2ccccc2)cc1. The molecule has 1 N–H and O–H groups in total. The molecule has 0 unspecified atom stereocenters. The van der Waals surface area contributed by atoms with E-state index in [1.165, 1.54) is 10.9 Å². The van der Waals surface area contributed by atoms with Crippen LogP contribution in [0.5, 0.6) is 5.75 Å². The first-order valence-electron chi connectivity index (χ1n) is 6.65. The summed E-state index contributed by atoms with van der Waals surface area (Å²) in [4.78, 5) is 11.1. The van der Waals surface area contributed by atoms with Crippen molar-refractivity contribution in [2.75, 3.05) is 0 Å². The van der Waals surface area contributed by atoms with Gasteiger partial charge in [0.05, 0.1) is 11.9 Å². The van der Waals surface area contributed by atoms with Gasteiger partial charge in [-0.25, -0.2) is 9.48 Å². The third-order valence-electron chi connectivity index (χ3n) is 3.10. The Bertz CT molecular complexity index is 767. The van der Waals surface area contributed by atoms with E-state index in [1.807, 2.05) is 30.3 Å². The van der Waals surface area contributed by atoms with Gasteiger partial charge in [0.1, 0.15) is 12.4 Å². The summed E-state index contributed by atoms with van der Waals surface area (Å²) < 4.78 is 6.95. The zero-order valence-electron chi connectivity index (χ0n) is 11.6. The number of carboxylic acid groups (broad SMARTS) is 1. The molecule has 0 bridgehead atoms. The van der Waals surface area contributed by atoms with Crippen LogP contribution in [0.2, 0.25) is 0 Å². The first-order chi connectivity index (χ1) is 10.7. The van der Waals surface area contributed by atoms with Crippen molar-refractivity contribution >= 4 is 5.97 Å². The first-order valence-corrected chi connectivity index (χ1v) is 6.65. The van der Waals surface area contributed by atoms with Gasteiger partial charge in [-0.3, -0.25) is 0 Å². The highest BCUT2D eigenvalue weighted by atomic mass is 16.5. The molecule has 22 heavy (non-hydrogen) atoms. The van der Waals surface area contributed by atoms with E-state index in [9.17, 15) is 4.79 Å². The molecule has 1 heterocycles. The van der Waals surface area contributed by atoms with Crippen LogP contribution in [0.15, 0.2) is 60.8 Å². The molecule has 0 aliphatic rings. The minimum atomic E-state index is -1.07. The molecule has 0 spiro atoms. The van der Waals surface area contributed by atoms with Crippen LogP contribution in [0.3, 0.4) is 0 Å². The van der Waals surface area contributed by atoms with Crippen molar-refractivity contribution in [1.29, 1.82) is 0 Å². The summed E-state index contributed by atoms with van der Waals surface area (Å²) in [6.07, 6.45) is 1.21. The van der Waals surface area contributed by atoms with Crippen molar-refractivity contribution in [2.45, 2.75) is 6.61 Å².